The topological polar surface area (TPSA) is 84.5 Å². The fraction of sp³-hybridized carbons (Fsp3) is 0.533. The molecule has 0 saturated heterocycles. The zero-order valence-corrected chi connectivity index (χ0v) is 14.5. The maximum atomic E-state index is 12.3. The van der Waals surface area contributed by atoms with Crippen LogP contribution in [0.15, 0.2) is 23.1 Å². The van der Waals surface area contributed by atoms with Crippen molar-refractivity contribution in [1.82, 2.24) is 10.0 Å². The van der Waals surface area contributed by atoms with Crippen LogP contribution in [0.4, 0.5) is 0 Å². The summed E-state index contributed by atoms with van der Waals surface area (Å²) in [4.78, 5) is 12.0. The number of sulfonamides is 1. The smallest absolute Gasteiger partial charge is 0.241 e. The number of carbonyl (C=O) groups is 1. The molecule has 0 spiro atoms. The maximum Gasteiger partial charge on any atom is 0.241 e. The van der Waals surface area contributed by atoms with Gasteiger partial charge in [0.1, 0.15) is 5.75 Å². The molecule has 2 N–H and O–H groups in total. The van der Waals surface area contributed by atoms with Gasteiger partial charge in [-0.15, -0.1) is 0 Å². The van der Waals surface area contributed by atoms with E-state index in [2.05, 4.69) is 10.0 Å². The third-order valence-electron chi connectivity index (χ3n) is 3.40. The van der Waals surface area contributed by atoms with E-state index in [0.717, 1.165) is 6.42 Å². The minimum atomic E-state index is -3.76. The van der Waals surface area contributed by atoms with Gasteiger partial charge in [0.15, 0.2) is 0 Å². The lowest BCUT2D eigenvalue weighted by atomic mass is 10.2. The summed E-state index contributed by atoms with van der Waals surface area (Å²) in [5, 5.41) is 2.75. The molecular formula is C15H24N2O4S. The second-order valence-electron chi connectivity index (χ2n) is 5.29. The first kappa shape index (κ1) is 18.4. The lowest BCUT2D eigenvalue weighted by Crippen LogP contribution is -2.47. The molecule has 0 radical (unpaired) electrons. The van der Waals surface area contributed by atoms with E-state index >= 15 is 0 Å². The first-order valence-electron chi connectivity index (χ1n) is 7.18. The van der Waals surface area contributed by atoms with Crippen molar-refractivity contribution in [3.8, 4) is 5.75 Å². The first-order chi connectivity index (χ1) is 10.2. The van der Waals surface area contributed by atoms with Crippen molar-refractivity contribution < 1.29 is 17.9 Å². The van der Waals surface area contributed by atoms with E-state index in [1.807, 2.05) is 13.8 Å². The van der Waals surface area contributed by atoms with Crippen molar-refractivity contribution in [2.24, 2.45) is 0 Å². The van der Waals surface area contributed by atoms with Crippen LogP contribution in [0.2, 0.25) is 0 Å². The Kier molecular flexibility index (Phi) is 6.37. The number of rotatable bonds is 7. The predicted molar refractivity (Wildman–Crippen MR) is 85.4 cm³/mol. The quantitative estimate of drug-likeness (QED) is 0.796. The van der Waals surface area contributed by atoms with E-state index < -0.39 is 16.1 Å². The highest BCUT2D eigenvalue weighted by molar-refractivity contribution is 7.89. The average Bonchev–Trinajstić information content (AvgIpc) is 2.46. The highest BCUT2D eigenvalue weighted by Gasteiger charge is 2.23. The van der Waals surface area contributed by atoms with Gasteiger partial charge in [0, 0.05) is 6.04 Å². The van der Waals surface area contributed by atoms with Crippen LogP contribution in [-0.4, -0.2) is 33.5 Å². The van der Waals surface area contributed by atoms with Crippen molar-refractivity contribution >= 4 is 15.9 Å². The van der Waals surface area contributed by atoms with Gasteiger partial charge in [-0.2, -0.15) is 4.72 Å². The van der Waals surface area contributed by atoms with Crippen LogP contribution in [-0.2, 0) is 14.8 Å². The number of amides is 1. The van der Waals surface area contributed by atoms with Gasteiger partial charge < -0.3 is 10.1 Å². The zero-order valence-electron chi connectivity index (χ0n) is 13.6. The Morgan fingerprint density at radius 2 is 1.95 bits per heavy atom. The number of carbonyl (C=O) groups excluding carboxylic acids is 1. The molecule has 0 fully saturated rings. The first-order valence-corrected chi connectivity index (χ1v) is 8.67. The summed E-state index contributed by atoms with van der Waals surface area (Å²) >= 11 is 0. The number of aryl methyl sites for hydroxylation is 1. The van der Waals surface area contributed by atoms with E-state index in [0.29, 0.717) is 11.3 Å². The number of ether oxygens (including phenoxy) is 1. The molecule has 0 unspecified atom stereocenters. The fourth-order valence-corrected chi connectivity index (χ4v) is 3.13. The van der Waals surface area contributed by atoms with Gasteiger partial charge in [-0.3, -0.25) is 4.79 Å². The van der Waals surface area contributed by atoms with Gasteiger partial charge >= 0.3 is 0 Å². The monoisotopic (exact) mass is 328 g/mol. The van der Waals surface area contributed by atoms with Crippen molar-refractivity contribution in [2.75, 3.05) is 7.11 Å². The molecule has 1 aromatic carbocycles. The van der Waals surface area contributed by atoms with E-state index in [1.54, 1.807) is 13.0 Å². The summed E-state index contributed by atoms with van der Waals surface area (Å²) in [6, 6.07) is 3.71. The van der Waals surface area contributed by atoms with Gasteiger partial charge in [-0.05, 0) is 51.0 Å². The maximum absolute atomic E-state index is 12.3. The van der Waals surface area contributed by atoms with Gasteiger partial charge in [0.2, 0.25) is 15.9 Å². The zero-order chi connectivity index (χ0) is 16.9. The van der Waals surface area contributed by atoms with Crippen molar-refractivity contribution in [3.63, 3.8) is 0 Å². The van der Waals surface area contributed by atoms with Crippen LogP contribution < -0.4 is 14.8 Å². The van der Waals surface area contributed by atoms with Crippen molar-refractivity contribution in [1.29, 1.82) is 0 Å². The van der Waals surface area contributed by atoms with Crippen molar-refractivity contribution in [2.45, 2.75) is 51.1 Å². The summed E-state index contributed by atoms with van der Waals surface area (Å²) in [5.74, 6) is 0.268. The van der Waals surface area contributed by atoms with Crippen LogP contribution >= 0.6 is 0 Å². The molecule has 1 rings (SSSR count). The molecule has 1 aromatic rings. The third-order valence-corrected chi connectivity index (χ3v) is 4.94. The van der Waals surface area contributed by atoms with E-state index in [9.17, 15) is 13.2 Å². The summed E-state index contributed by atoms with van der Waals surface area (Å²) in [6.07, 6.45) is 0.781. The summed E-state index contributed by atoms with van der Waals surface area (Å²) in [7, 11) is -2.24. The van der Waals surface area contributed by atoms with Crippen LogP contribution in [0.3, 0.4) is 0 Å². The Bertz CT molecular complexity index is 628. The summed E-state index contributed by atoms with van der Waals surface area (Å²) in [5.41, 5.74) is 0.710. The number of hydrogen-bond acceptors (Lipinski definition) is 4. The molecular weight excluding hydrogens is 304 g/mol. The van der Waals surface area contributed by atoms with Crippen LogP contribution in [0, 0.1) is 6.92 Å². The highest BCUT2D eigenvalue weighted by atomic mass is 32.2. The molecule has 0 aliphatic rings. The van der Waals surface area contributed by atoms with Gasteiger partial charge in [-0.25, -0.2) is 8.42 Å². The summed E-state index contributed by atoms with van der Waals surface area (Å²) < 4.78 is 32.1. The lowest BCUT2D eigenvalue weighted by molar-refractivity contribution is -0.122. The van der Waals surface area contributed by atoms with Crippen LogP contribution in [0.25, 0.3) is 0 Å². The molecule has 0 heterocycles. The normalized spacial score (nSPS) is 14.2. The van der Waals surface area contributed by atoms with E-state index in [-0.39, 0.29) is 16.8 Å². The summed E-state index contributed by atoms with van der Waals surface area (Å²) in [6.45, 7) is 7.09. The van der Waals surface area contributed by atoms with Gasteiger partial charge in [0.25, 0.3) is 0 Å². The number of hydrogen-bond donors (Lipinski definition) is 2. The minimum absolute atomic E-state index is 0.00249. The minimum Gasteiger partial charge on any atom is -0.496 e. The standard InChI is InChI=1S/C15H24N2O4S/c1-6-11(3)16-15(18)12(4)17-22(19,20)13-7-8-14(21-5)10(2)9-13/h7-9,11-12,17H,6H2,1-5H3,(H,16,18)/t11-,12-/m0/s1. The second kappa shape index (κ2) is 7.60. The Hall–Kier alpha value is -1.60. The molecule has 6 nitrogen and oxygen atoms in total. The average molecular weight is 328 g/mol. The molecule has 0 aliphatic heterocycles. The van der Waals surface area contributed by atoms with E-state index in [4.69, 9.17) is 4.74 Å². The van der Waals surface area contributed by atoms with Crippen LogP contribution in [0.5, 0.6) is 5.75 Å². The molecule has 1 amide bonds. The Morgan fingerprint density at radius 3 is 2.45 bits per heavy atom. The molecule has 0 bridgehead atoms. The molecule has 0 aliphatic carbocycles. The molecule has 2 atom stereocenters. The molecule has 0 saturated carbocycles. The van der Waals surface area contributed by atoms with E-state index in [1.165, 1.54) is 26.2 Å². The van der Waals surface area contributed by atoms with Gasteiger partial charge in [0.05, 0.1) is 18.0 Å². The Labute approximate surface area is 132 Å². The Balaban J connectivity index is 2.87. The lowest BCUT2D eigenvalue weighted by Gasteiger charge is -2.18. The fourth-order valence-electron chi connectivity index (χ4n) is 1.84. The predicted octanol–water partition coefficient (Wildman–Crippen LogP) is 1.59. The molecule has 0 aromatic heterocycles. The highest BCUT2D eigenvalue weighted by Crippen LogP contribution is 2.21. The molecule has 124 valence electrons. The number of methoxy groups -OCH3 is 1. The molecule has 7 heteroatoms. The number of benzene rings is 1. The number of nitrogens with one attached hydrogen (secondary N) is 2. The van der Waals surface area contributed by atoms with Gasteiger partial charge in [-0.1, -0.05) is 6.92 Å². The molecule has 22 heavy (non-hydrogen) atoms. The largest absolute Gasteiger partial charge is 0.496 e. The van der Waals surface area contributed by atoms with Crippen LogP contribution in [0.1, 0.15) is 32.8 Å². The SMILES string of the molecule is CC[C@H](C)NC(=O)[C@H](C)NS(=O)(=O)c1ccc(OC)c(C)c1. The Morgan fingerprint density at radius 1 is 1.32 bits per heavy atom. The second-order valence-corrected chi connectivity index (χ2v) is 7.01. The third kappa shape index (κ3) is 4.71. The van der Waals surface area contributed by atoms with Crippen molar-refractivity contribution in [3.05, 3.63) is 23.8 Å².